The van der Waals surface area contributed by atoms with Crippen LogP contribution in [0, 0.1) is 6.92 Å². The second kappa shape index (κ2) is 9.91. The van der Waals surface area contributed by atoms with Gasteiger partial charge in [0, 0.05) is 43.2 Å². The maximum atomic E-state index is 12.4. The fourth-order valence-corrected chi connectivity index (χ4v) is 3.71. The van der Waals surface area contributed by atoms with Gasteiger partial charge in [-0.05, 0) is 49.5 Å². The van der Waals surface area contributed by atoms with E-state index in [-0.39, 0.29) is 16.9 Å². The summed E-state index contributed by atoms with van der Waals surface area (Å²) in [7, 11) is 0. The van der Waals surface area contributed by atoms with Gasteiger partial charge in [-0.1, -0.05) is 36.2 Å². The first kappa shape index (κ1) is 22.1. The lowest BCUT2D eigenvalue weighted by atomic mass is 10.1. The number of piperazine rings is 1. The minimum absolute atomic E-state index is 0.170. The van der Waals surface area contributed by atoms with E-state index in [0.29, 0.717) is 48.9 Å². The Hall–Kier alpha value is -2.64. The highest BCUT2D eigenvalue weighted by atomic mass is 35.5. The average Bonchev–Trinajstić information content (AvgIpc) is 2.74. The SMILES string of the molecule is CCC(=O)N1CCN(c2ccc(Cl)cc2NC(=S)NC(=O)c2ccc(C)cc2)CC1. The Labute approximate surface area is 187 Å². The number of nitrogens with zero attached hydrogens (tertiary/aromatic N) is 2. The molecule has 3 rings (SSSR count). The zero-order chi connectivity index (χ0) is 21.7. The first-order valence-electron chi connectivity index (χ1n) is 9.88. The van der Waals surface area contributed by atoms with Crippen molar-refractivity contribution >= 4 is 52.1 Å². The van der Waals surface area contributed by atoms with Gasteiger partial charge >= 0.3 is 0 Å². The number of aryl methyl sites for hydroxylation is 1. The Morgan fingerprint density at radius 1 is 1.07 bits per heavy atom. The lowest BCUT2D eigenvalue weighted by Crippen LogP contribution is -2.48. The Morgan fingerprint density at radius 2 is 1.73 bits per heavy atom. The van der Waals surface area contributed by atoms with Crippen LogP contribution in [0.25, 0.3) is 0 Å². The van der Waals surface area contributed by atoms with Gasteiger partial charge in [-0.3, -0.25) is 14.9 Å². The molecule has 0 saturated carbocycles. The number of rotatable bonds is 4. The molecule has 30 heavy (non-hydrogen) atoms. The zero-order valence-electron chi connectivity index (χ0n) is 17.1. The topological polar surface area (TPSA) is 64.7 Å². The van der Waals surface area contributed by atoms with Gasteiger partial charge in [0.15, 0.2) is 5.11 Å². The standard InChI is InChI=1S/C22H25ClN4O2S/c1-3-20(28)27-12-10-26(11-13-27)19-9-8-17(23)14-18(19)24-22(30)25-21(29)16-6-4-15(2)5-7-16/h4-9,14H,3,10-13H2,1-2H3,(H2,24,25,29,30). The summed E-state index contributed by atoms with van der Waals surface area (Å²) in [6, 6.07) is 12.8. The highest BCUT2D eigenvalue weighted by Gasteiger charge is 2.22. The summed E-state index contributed by atoms with van der Waals surface area (Å²) in [4.78, 5) is 28.4. The monoisotopic (exact) mass is 444 g/mol. The summed E-state index contributed by atoms with van der Waals surface area (Å²) >= 11 is 11.6. The summed E-state index contributed by atoms with van der Waals surface area (Å²) in [6.07, 6.45) is 0.517. The smallest absolute Gasteiger partial charge is 0.257 e. The maximum absolute atomic E-state index is 12.4. The van der Waals surface area contributed by atoms with E-state index in [9.17, 15) is 9.59 Å². The van der Waals surface area contributed by atoms with Crippen LogP contribution in [0.5, 0.6) is 0 Å². The summed E-state index contributed by atoms with van der Waals surface area (Å²) in [5.74, 6) is -0.105. The van der Waals surface area contributed by atoms with Crippen LogP contribution in [-0.4, -0.2) is 48.0 Å². The number of halogens is 1. The van der Waals surface area contributed by atoms with Crippen LogP contribution in [0.2, 0.25) is 5.02 Å². The first-order chi connectivity index (χ1) is 14.4. The van der Waals surface area contributed by atoms with Crippen molar-refractivity contribution in [3.63, 3.8) is 0 Å². The molecule has 1 heterocycles. The van der Waals surface area contributed by atoms with Crippen LogP contribution < -0.4 is 15.5 Å². The molecular formula is C22H25ClN4O2S. The molecule has 2 aromatic rings. The zero-order valence-corrected chi connectivity index (χ0v) is 18.6. The molecule has 8 heteroatoms. The fourth-order valence-electron chi connectivity index (χ4n) is 3.34. The fraction of sp³-hybridized carbons (Fsp3) is 0.318. The number of thiocarbonyl (C=S) groups is 1. The third-order valence-electron chi connectivity index (χ3n) is 5.02. The molecule has 158 valence electrons. The van der Waals surface area contributed by atoms with Gasteiger partial charge < -0.3 is 15.1 Å². The van der Waals surface area contributed by atoms with E-state index in [1.807, 2.05) is 43.0 Å². The van der Waals surface area contributed by atoms with Crippen molar-refractivity contribution < 1.29 is 9.59 Å². The van der Waals surface area contributed by atoms with Crippen molar-refractivity contribution in [2.75, 3.05) is 36.4 Å². The molecule has 0 aliphatic carbocycles. The lowest BCUT2D eigenvalue weighted by Gasteiger charge is -2.37. The molecule has 1 fully saturated rings. The number of carbonyl (C=O) groups is 2. The number of nitrogens with one attached hydrogen (secondary N) is 2. The van der Waals surface area contributed by atoms with E-state index in [2.05, 4.69) is 15.5 Å². The van der Waals surface area contributed by atoms with Gasteiger partial charge in [0.25, 0.3) is 5.91 Å². The molecule has 0 spiro atoms. The average molecular weight is 445 g/mol. The van der Waals surface area contributed by atoms with Gasteiger partial charge in [-0.2, -0.15) is 0 Å². The van der Waals surface area contributed by atoms with E-state index in [0.717, 1.165) is 11.3 Å². The number of carbonyl (C=O) groups excluding carboxylic acids is 2. The molecule has 0 unspecified atom stereocenters. The van der Waals surface area contributed by atoms with Gasteiger partial charge in [0.1, 0.15) is 0 Å². The first-order valence-corrected chi connectivity index (χ1v) is 10.7. The van der Waals surface area contributed by atoms with Gasteiger partial charge in [-0.25, -0.2) is 0 Å². The Balaban J connectivity index is 1.68. The molecule has 0 radical (unpaired) electrons. The summed E-state index contributed by atoms with van der Waals surface area (Å²) in [6.45, 7) is 6.61. The van der Waals surface area contributed by atoms with Gasteiger partial charge in [0.05, 0.1) is 11.4 Å². The van der Waals surface area contributed by atoms with Crippen LogP contribution in [0.1, 0.15) is 29.3 Å². The van der Waals surface area contributed by atoms with E-state index < -0.39 is 0 Å². The second-order valence-corrected chi connectivity index (χ2v) is 8.00. The minimum atomic E-state index is -0.275. The molecule has 2 N–H and O–H groups in total. The third kappa shape index (κ3) is 5.49. The minimum Gasteiger partial charge on any atom is -0.366 e. The molecule has 0 bridgehead atoms. The number of amides is 2. The van der Waals surface area contributed by atoms with Crippen LogP contribution in [0.15, 0.2) is 42.5 Å². The Bertz CT molecular complexity index is 941. The number of anilines is 2. The lowest BCUT2D eigenvalue weighted by molar-refractivity contribution is -0.131. The second-order valence-electron chi connectivity index (χ2n) is 7.16. The summed E-state index contributed by atoms with van der Waals surface area (Å²) < 4.78 is 0. The molecule has 0 aromatic heterocycles. The van der Waals surface area contributed by atoms with Crippen molar-refractivity contribution in [3.8, 4) is 0 Å². The molecule has 1 saturated heterocycles. The largest absolute Gasteiger partial charge is 0.366 e. The molecular weight excluding hydrogens is 420 g/mol. The van der Waals surface area contributed by atoms with Crippen molar-refractivity contribution in [3.05, 3.63) is 58.6 Å². The summed E-state index contributed by atoms with van der Waals surface area (Å²) in [5, 5.41) is 6.57. The number of benzene rings is 2. The Morgan fingerprint density at radius 3 is 2.37 bits per heavy atom. The third-order valence-corrected chi connectivity index (χ3v) is 5.46. The predicted octanol–water partition coefficient (Wildman–Crippen LogP) is 3.83. The summed E-state index contributed by atoms with van der Waals surface area (Å²) in [5.41, 5.74) is 3.26. The molecule has 1 aliphatic heterocycles. The van der Waals surface area contributed by atoms with Crippen molar-refractivity contribution in [1.29, 1.82) is 0 Å². The molecule has 6 nitrogen and oxygen atoms in total. The van der Waals surface area contributed by atoms with Gasteiger partial charge in [-0.15, -0.1) is 0 Å². The number of hydrogen-bond acceptors (Lipinski definition) is 4. The van der Waals surface area contributed by atoms with E-state index in [4.69, 9.17) is 23.8 Å². The molecule has 2 aromatic carbocycles. The molecule has 0 atom stereocenters. The predicted molar refractivity (Wildman–Crippen MR) is 125 cm³/mol. The quantitative estimate of drug-likeness (QED) is 0.701. The van der Waals surface area contributed by atoms with Crippen molar-refractivity contribution in [2.24, 2.45) is 0 Å². The molecule has 2 amide bonds. The van der Waals surface area contributed by atoms with E-state index in [1.54, 1.807) is 18.2 Å². The van der Waals surface area contributed by atoms with E-state index in [1.165, 1.54) is 0 Å². The van der Waals surface area contributed by atoms with Crippen LogP contribution >= 0.6 is 23.8 Å². The highest BCUT2D eigenvalue weighted by Crippen LogP contribution is 2.30. The molecule has 1 aliphatic rings. The highest BCUT2D eigenvalue weighted by molar-refractivity contribution is 7.80. The number of hydrogen-bond donors (Lipinski definition) is 2. The maximum Gasteiger partial charge on any atom is 0.257 e. The van der Waals surface area contributed by atoms with Crippen LogP contribution in [0.4, 0.5) is 11.4 Å². The Kier molecular flexibility index (Phi) is 7.29. The van der Waals surface area contributed by atoms with E-state index >= 15 is 0 Å². The van der Waals surface area contributed by atoms with Crippen LogP contribution in [-0.2, 0) is 4.79 Å². The van der Waals surface area contributed by atoms with Crippen LogP contribution in [0.3, 0.4) is 0 Å². The normalized spacial score (nSPS) is 13.7. The van der Waals surface area contributed by atoms with Crippen molar-refractivity contribution in [1.82, 2.24) is 10.2 Å². The van der Waals surface area contributed by atoms with Crippen molar-refractivity contribution in [2.45, 2.75) is 20.3 Å². The van der Waals surface area contributed by atoms with Gasteiger partial charge in [0.2, 0.25) is 5.91 Å².